The molecule has 5 heteroatoms. The third kappa shape index (κ3) is 2.93. The maximum Gasteiger partial charge on any atom is 0.387 e. The van der Waals surface area contributed by atoms with E-state index in [4.69, 9.17) is 10.5 Å². The highest BCUT2D eigenvalue weighted by molar-refractivity contribution is 5.74. The standard InChI is InChI=1S/C14H13F2NO2/c1-18-12-5-3-2-4-10(12)9-6-7-11(17)13(8-9)19-14(15)16/h2-8,14H,17H2,1H3. The molecule has 19 heavy (non-hydrogen) atoms. The zero-order valence-electron chi connectivity index (χ0n) is 10.3. The van der Waals surface area contributed by atoms with Crippen LogP contribution >= 0.6 is 0 Å². The number of alkyl halides is 2. The van der Waals surface area contributed by atoms with Crippen LogP contribution in [0.1, 0.15) is 0 Å². The van der Waals surface area contributed by atoms with Crippen molar-refractivity contribution >= 4 is 5.69 Å². The summed E-state index contributed by atoms with van der Waals surface area (Å²) in [4.78, 5) is 0. The first-order chi connectivity index (χ1) is 9.11. The lowest BCUT2D eigenvalue weighted by Gasteiger charge is -2.12. The summed E-state index contributed by atoms with van der Waals surface area (Å²) in [7, 11) is 1.55. The molecule has 2 rings (SSSR count). The Morgan fingerprint density at radius 2 is 1.79 bits per heavy atom. The minimum atomic E-state index is -2.91. The largest absolute Gasteiger partial charge is 0.496 e. The Labute approximate surface area is 109 Å². The number of halogens is 2. The molecular weight excluding hydrogens is 252 g/mol. The van der Waals surface area contributed by atoms with E-state index < -0.39 is 6.61 Å². The molecule has 0 aromatic heterocycles. The van der Waals surface area contributed by atoms with Crippen molar-refractivity contribution in [1.82, 2.24) is 0 Å². The van der Waals surface area contributed by atoms with Crippen LogP contribution in [-0.2, 0) is 0 Å². The number of nitrogen functional groups attached to an aromatic ring is 1. The van der Waals surface area contributed by atoms with Gasteiger partial charge in [0, 0.05) is 5.56 Å². The Morgan fingerprint density at radius 1 is 1.05 bits per heavy atom. The molecular formula is C14H13F2NO2. The number of benzene rings is 2. The monoisotopic (exact) mass is 265 g/mol. The normalized spacial score (nSPS) is 10.5. The third-order valence-electron chi connectivity index (χ3n) is 2.65. The van der Waals surface area contributed by atoms with E-state index in [2.05, 4.69) is 4.74 Å². The number of methoxy groups -OCH3 is 1. The van der Waals surface area contributed by atoms with Gasteiger partial charge in [0.2, 0.25) is 0 Å². The van der Waals surface area contributed by atoms with Crippen LogP contribution in [0.4, 0.5) is 14.5 Å². The average Bonchev–Trinajstić information content (AvgIpc) is 2.41. The first-order valence-corrected chi connectivity index (χ1v) is 5.59. The Balaban J connectivity index is 2.45. The van der Waals surface area contributed by atoms with Gasteiger partial charge in [0.1, 0.15) is 11.5 Å². The molecule has 100 valence electrons. The molecule has 0 saturated carbocycles. The SMILES string of the molecule is COc1ccccc1-c1ccc(N)c(OC(F)F)c1. The van der Waals surface area contributed by atoms with E-state index in [1.54, 1.807) is 19.2 Å². The van der Waals surface area contributed by atoms with Gasteiger partial charge in [-0.15, -0.1) is 0 Å². The average molecular weight is 265 g/mol. The van der Waals surface area contributed by atoms with Crippen molar-refractivity contribution in [2.45, 2.75) is 6.61 Å². The molecule has 0 heterocycles. The van der Waals surface area contributed by atoms with E-state index >= 15 is 0 Å². The first-order valence-electron chi connectivity index (χ1n) is 5.59. The van der Waals surface area contributed by atoms with Crippen LogP contribution in [0.15, 0.2) is 42.5 Å². The van der Waals surface area contributed by atoms with Crippen LogP contribution in [0.2, 0.25) is 0 Å². The summed E-state index contributed by atoms with van der Waals surface area (Å²) in [6, 6.07) is 12.0. The van der Waals surface area contributed by atoms with Gasteiger partial charge >= 0.3 is 6.61 Å². The number of para-hydroxylation sites is 1. The van der Waals surface area contributed by atoms with E-state index in [-0.39, 0.29) is 11.4 Å². The molecule has 2 N–H and O–H groups in total. The van der Waals surface area contributed by atoms with Crippen LogP contribution in [0.25, 0.3) is 11.1 Å². The molecule has 0 bridgehead atoms. The second kappa shape index (κ2) is 5.56. The predicted molar refractivity (Wildman–Crippen MR) is 69.5 cm³/mol. The molecule has 3 nitrogen and oxygen atoms in total. The van der Waals surface area contributed by atoms with Gasteiger partial charge in [0.05, 0.1) is 12.8 Å². The molecule has 0 fully saturated rings. The highest BCUT2D eigenvalue weighted by Crippen LogP contribution is 2.34. The molecule has 0 aliphatic rings. The second-order valence-electron chi connectivity index (χ2n) is 3.83. The van der Waals surface area contributed by atoms with Gasteiger partial charge in [0.25, 0.3) is 0 Å². The fourth-order valence-electron chi connectivity index (χ4n) is 1.78. The molecule has 0 radical (unpaired) electrons. The second-order valence-corrected chi connectivity index (χ2v) is 3.83. The minimum Gasteiger partial charge on any atom is -0.496 e. The lowest BCUT2D eigenvalue weighted by atomic mass is 10.0. The van der Waals surface area contributed by atoms with Crippen molar-refractivity contribution in [3.63, 3.8) is 0 Å². The molecule has 0 amide bonds. The lowest BCUT2D eigenvalue weighted by Crippen LogP contribution is -2.04. The molecule has 0 aliphatic heterocycles. The molecule has 0 aliphatic carbocycles. The van der Waals surface area contributed by atoms with E-state index in [1.807, 2.05) is 18.2 Å². The summed E-state index contributed by atoms with van der Waals surface area (Å²) in [6.45, 7) is -2.91. The maximum absolute atomic E-state index is 12.3. The van der Waals surface area contributed by atoms with Crippen molar-refractivity contribution in [3.05, 3.63) is 42.5 Å². The molecule has 2 aromatic carbocycles. The van der Waals surface area contributed by atoms with Crippen LogP contribution in [0.5, 0.6) is 11.5 Å². The van der Waals surface area contributed by atoms with Crippen LogP contribution in [-0.4, -0.2) is 13.7 Å². The summed E-state index contributed by atoms with van der Waals surface area (Å²) in [5.74, 6) is 0.605. The smallest absolute Gasteiger partial charge is 0.387 e. The van der Waals surface area contributed by atoms with Gasteiger partial charge in [-0.2, -0.15) is 8.78 Å². The van der Waals surface area contributed by atoms with Crippen LogP contribution in [0, 0.1) is 0 Å². The van der Waals surface area contributed by atoms with Crippen molar-refractivity contribution < 1.29 is 18.3 Å². The number of ether oxygens (including phenoxy) is 2. The van der Waals surface area contributed by atoms with Crippen molar-refractivity contribution in [1.29, 1.82) is 0 Å². The Morgan fingerprint density at radius 3 is 2.47 bits per heavy atom. The van der Waals surface area contributed by atoms with Crippen molar-refractivity contribution in [2.24, 2.45) is 0 Å². The number of hydrogen-bond acceptors (Lipinski definition) is 3. The van der Waals surface area contributed by atoms with E-state index in [1.165, 1.54) is 12.1 Å². The van der Waals surface area contributed by atoms with Gasteiger partial charge in [-0.3, -0.25) is 0 Å². The number of rotatable bonds is 4. The van der Waals surface area contributed by atoms with Crippen molar-refractivity contribution in [2.75, 3.05) is 12.8 Å². The molecule has 0 unspecified atom stereocenters. The number of nitrogens with two attached hydrogens (primary N) is 1. The minimum absolute atomic E-state index is 0.0431. The highest BCUT2D eigenvalue weighted by atomic mass is 19.3. The quantitative estimate of drug-likeness (QED) is 0.860. The third-order valence-corrected chi connectivity index (χ3v) is 2.65. The van der Waals surface area contributed by atoms with Gasteiger partial charge in [-0.05, 0) is 23.8 Å². The van der Waals surface area contributed by atoms with Crippen LogP contribution < -0.4 is 15.2 Å². The Hall–Kier alpha value is -2.30. The maximum atomic E-state index is 12.3. The van der Waals surface area contributed by atoms with Gasteiger partial charge in [-0.1, -0.05) is 24.3 Å². The topological polar surface area (TPSA) is 44.5 Å². The van der Waals surface area contributed by atoms with Gasteiger partial charge < -0.3 is 15.2 Å². The zero-order valence-corrected chi connectivity index (χ0v) is 10.3. The molecule has 0 spiro atoms. The zero-order chi connectivity index (χ0) is 13.8. The van der Waals surface area contributed by atoms with E-state index in [0.29, 0.717) is 11.3 Å². The van der Waals surface area contributed by atoms with Gasteiger partial charge in [0.15, 0.2) is 0 Å². The fourth-order valence-corrected chi connectivity index (χ4v) is 1.78. The Bertz CT molecular complexity index is 573. The summed E-state index contributed by atoms with van der Waals surface area (Å²) in [5.41, 5.74) is 7.24. The highest BCUT2D eigenvalue weighted by Gasteiger charge is 2.11. The first kappa shape index (κ1) is 13.1. The molecule has 0 atom stereocenters. The number of hydrogen-bond donors (Lipinski definition) is 1. The fraction of sp³-hybridized carbons (Fsp3) is 0.143. The van der Waals surface area contributed by atoms with Crippen molar-refractivity contribution in [3.8, 4) is 22.6 Å². The van der Waals surface area contributed by atoms with E-state index in [9.17, 15) is 8.78 Å². The summed E-state index contributed by atoms with van der Waals surface area (Å²) in [6.07, 6.45) is 0. The van der Waals surface area contributed by atoms with Crippen LogP contribution in [0.3, 0.4) is 0 Å². The van der Waals surface area contributed by atoms with E-state index in [0.717, 1.165) is 5.56 Å². The molecule has 2 aromatic rings. The van der Waals surface area contributed by atoms with Gasteiger partial charge in [-0.25, -0.2) is 0 Å². The number of anilines is 1. The predicted octanol–water partition coefficient (Wildman–Crippen LogP) is 3.55. The summed E-state index contributed by atoms with van der Waals surface area (Å²) in [5, 5.41) is 0. The summed E-state index contributed by atoms with van der Waals surface area (Å²) < 4.78 is 34.2. The molecule has 0 saturated heterocycles. The Kier molecular flexibility index (Phi) is 3.85. The summed E-state index contributed by atoms with van der Waals surface area (Å²) >= 11 is 0. The lowest BCUT2D eigenvalue weighted by molar-refractivity contribution is -0.0492.